The van der Waals surface area contributed by atoms with Gasteiger partial charge >= 0.3 is 0 Å². The van der Waals surface area contributed by atoms with Crippen molar-refractivity contribution in [3.63, 3.8) is 0 Å². The van der Waals surface area contributed by atoms with E-state index in [1.165, 1.54) is 4.88 Å². The number of aromatic nitrogens is 2. The molecule has 0 spiro atoms. The molecule has 1 aliphatic heterocycles. The summed E-state index contributed by atoms with van der Waals surface area (Å²) in [5, 5.41) is 2.07. The number of ether oxygens (including phenoxy) is 1. The van der Waals surface area contributed by atoms with Crippen molar-refractivity contribution in [1.82, 2.24) is 14.9 Å². The molecule has 0 unspecified atom stereocenters. The lowest BCUT2D eigenvalue weighted by molar-refractivity contribution is 0.0290. The van der Waals surface area contributed by atoms with Crippen LogP contribution in [0.5, 0.6) is 0 Å². The van der Waals surface area contributed by atoms with E-state index in [2.05, 4.69) is 27.5 Å². The van der Waals surface area contributed by atoms with Crippen molar-refractivity contribution in [2.24, 2.45) is 0 Å². The largest absolute Gasteiger partial charge is 0.381 e. The highest BCUT2D eigenvalue weighted by Crippen LogP contribution is 2.20. The highest BCUT2D eigenvalue weighted by atomic mass is 32.1. The Morgan fingerprint density at radius 1 is 1.15 bits per heavy atom. The lowest BCUT2D eigenvalue weighted by Gasteiger charge is -2.34. The molecule has 134 valence electrons. The second-order valence-corrected chi connectivity index (χ2v) is 7.45. The maximum atomic E-state index is 13.2. The highest BCUT2D eigenvalue weighted by molar-refractivity contribution is 7.09. The fraction of sp³-hybridized carbons (Fsp3) is 0.350. The minimum atomic E-state index is -0.0355. The van der Waals surface area contributed by atoms with Crippen molar-refractivity contribution in [3.8, 4) is 0 Å². The van der Waals surface area contributed by atoms with Crippen LogP contribution in [0.15, 0.2) is 48.0 Å². The quantitative estimate of drug-likeness (QED) is 0.692. The maximum absolute atomic E-state index is 13.2. The molecule has 26 heavy (non-hydrogen) atoms. The number of carbonyl (C=O) groups excluding carboxylic acids is 1. The molecule has 1 fully saturated rings. The molecule has 0 radical (unpaired) electrons. The predicted molar refractivity (Wildman–Crippen MR) is 102 cm³/mol. The van der Waals surface area contributed by atoms with Crippen molar-refractivity contribution in [1.29, 1.82) is 0 Å². The molecular weight excluding hydrogens is 346 g/mol. The van der Waals surface area contributed by atoms with E-state index in [0.717, 1.165) is 30.3 Å². The lowest BCUT2D eigenvalue weighted by Crippen LogP contribution is -2.44. The lowest BCUT2D eigenvalue weighted by atomic mass is 10.1. The van der Waals surface area contributed by atoms with Crippen molar-refractivity contribution in [2.75, 3.05) is 19.8 Å². The third kappa shape index (κ3) is 3.76. The highest BCUT2D eigenvalue weighted by Gasteiger charge is 2.27. The van der Waals surface area contributed by atoms with E-state index in [-0.39, 0.29) is 11.9 Å². The summed E-state index contributed by atoms with van der Waals surface area (Å²) >= 11 is 1.73. The van der Waals surface area contributed by atoms with E-state index in [1.807, 2.05) is 29.2 Å². The number of rotatable bonds is 5. The van der Waals surface area contributed by atoms with E-state index < -0.39 is 0 Å². The molecule has 4 rings (SSSR count). The van der Waals surface area contributed by atoms with Gasteiger partial charge in [0.1, 0.15) is 5.69 Å². The second kappa shape index (κ2) is 7.93. The Morgan fingerprint density at radius 3 is 2.73 bits per heavy atom. The summed E-state index contributed by atoms with van der Waals surface area (Å²) in [7, 11) is 0. The summed E-state index contributed by atoms with van der Waals surface area (Å²) in [4.78, 5) is 25.5. The average Bonchev–Trinajstić information content (AvgIpc) is 3.22. The van der Waals surface area contributed by atoms with Crippen LogP contribution in [0.3, 0.4) is 0 Å². The normalized spacial score (nSPS) is 15.2. The molecule has 3 aromatic rings. The summed E-state index contributed by atoms with van der Waals surface area (Å²) in [6.07, 6.45) is 4.21. The summed E-state index contributed by atoms with van der Waals surface area (Å²) in [6, 6.07) is 12.0. The van der Waals surface area contributed by atoms with Gasteiger partial charge in [0, 0.05) is 30.7 Å². The fourth-order valence-corrected chi connectivity index (χ4v) is 4.04. The summed E-state index contributed by atoms with van der Waals surface area (Å²) in [6.45, 7) is 2.10. The van der Waals surface area contributed by atoms with Gasteiger partial charge in [-0.25, -0.2) is 4.98 Å². The molecule has 1 aliphatic rings. The Bertz CT molecular complexity index is 876. The molecule has 2 aromatic heterocycles. The van der Waals surface area contributed by atoms with Crippen LogP contribution in [-0.4, -0.2) is 46.6 Å². The van der Waals surface area contributed by atoms with E-state index in [9.17, 15) is 4.79 Å². The van der Waals surface area contributed by atoms with Gasteiger partial charge in [-0.2, -0.15) is 0 Å². The topological polar surface area (TPSA) is 55.3 Å². The first-order valence-corrected chi connectivity index (χ1v) is 9.82. The monoisotopic (exact) mass is 367 g/mol. The Balaban J connectivity index is 1.58. The molecular formula is C20H21N3O2S. The predicted octanol–water partition coefficient (Wildman–Crippen LogP) is 3.56. The zero-order valence-corrected chi connectivity index (χ0v) is 15.3. The van der Waals surface area contributed by atoms with E-state index in [1.54, 1.807) is 17.5 Å². The number of para-hydroxylation sites is 2. The van der Waals surface area contributed by atoms with Crippen molar-refractivity contribution >= 4 is 28.3 Å². The van der Waals surface area contributed by atoms with E-state index in [4.69, 9.17) is 4.74 Å². The van der Waals surface area contributed by atoms with E-state index in [0.29, 0.717) is 25.5 Å². The number of benzene rings is 1. The number of amides is 1. The Labute approximate surface area is 156 Å². The van der Waals surface area contributed by atoms with Crippen LogP contribution in [0.4, 0.5) is 0 Å². The van der Waals surface area contributed by atoms with Crippen LogP contribution in [0.1, 0.15) is 28.2 Å². The van der Waals surface area contributed by atoms with Gasteiger partial charge in [-0.05, 0) is 42.8 Å². The van der Waals surface area contributed by atoms with Gasteiger partial charge in [-0.1, -0.05) is 18.2 Å². The first-order chi connectivity index (χ1) is 12.8. The van der Waals surface area contributed by atoms with Gasteiger partial charge in [0.25, 0.3) is 5.91 Å². The van der Waals surface area contributed by atoms with Crippen LogP contribution < -0.4 is 0 Å². The molecule has 0 bridgehead atoms. The van der Waals surface area contributed by atoms with Crippen molar-refractivity contribution in [2.45, 2.75) is 25.3 Å². The molecule has 0 saturated carbocycles. The first kappa shape index (κ1) is 17.1. The van der Waals surface area contributed by atoms with Crippen LogP contribution in [0, 0.1) is 0 Å². The minimum Gasteiger partial charge on any atom is -0.381 e. The third-order valence-corrected chi connectivity index (χ3v) is 5.68. The maximum Gasteiger partial charge on any atom is 0.274 e. The standard InChI is InChI=1S/C20H21N3O2S/c24-20(19-14-21-17-5-1-2-6-18(17)22-19)23(15-8-11-25-12-9-15)10-7-16-4-3-13-26-16/h1-6,13-15H,7-12H2. The molecule has 3 heterocycles. The zero-order valence-electron chi connectivity index (χ0n) is 14.5. The van der Waals surface area contributed by atoms with Gasteiger partial charge in [0.05, 0.1) is 17.2 Å². The summed E-state index contributed by atoms with van der Waals surface area (Å²) < 4.78 is 5.48. The van der Waals surface area contributed by atoms with E-state index >= 15 is 0 Å². The Kier molecular flexibility index (Phi) is 5.22. The number of hydrogen-bond acceptors (Lipinski definition) is 5. The number of thiophene rings is 1. The number of fused-ring (bicyclic) bond motifs is 1. The smallest absolute Gasteiger partial charge is 0.274 e. The van der Waals surface area contributed by atoms with Gasteiger partial charge < -0.3 is 9.64 Å². The third-order valence-electron chi connectivity index (χ3n) is 4.74. The molecule has 5 nitrogen and oxygen atoms in total. The molecule has 1 amide bonds. The molecule has 1 saturated heterocycles. The van der Waals surface area contributed by atoms with Crippen LogP contribution in [0.2, 0.25) is 0 Å². The number of carbonyl (C=O) groups is 1. The van der Waals surface area contributed by atoms with Crippen LogP contribution in [-0.2, 0) is 11.2 Å². The molecule has 0 aliphatic carbocycles. The summed E-state index contributed by atoms with van der Waals surface area (Å²) in [5.41, 5.74) is 1.98. The molecule has 0 atom stereocenters. The number of nitrogens with zero attached hydrogens (tertiary/aromatic N) is 3. The van der Waals surface area contributed by atoms with Crippen LogP contribution in [0.25, 0.3) is 11.0 Å². The van der Waals surface area contributed by atoms with Gasteiger partial charge in [-0.15, -0.1) is 11.3 Å². The van der Waals surface area contributed by atoms with Crippen molar-refractivity contribution in [3.05, 3.63) is 58.5 Å². The molecule has 6 heteroatoms. The Morgan fingerprint density at radius 2 is 1.96 bits per heavy atom. The average molecular weight is 367 g/mol. The summed E-state index contributed by atoms with van der Waals surface area (Å²) in [5.74, 6) is -0.0355. The SMILES string of the molecule is O=C(c1cnc2ccccc2n1)N(CCc1cccs1)C1CCOCC1. The number of hydrogen-bond donors (Lipinski definition) is 0. The Hall–Kier alpha value is -2.31. The second-order valence-electron chi connectivity index (χ2n) is 6.42. The van der Waals surface area contributed by atoms with Gasteiger partial charge in [-0.3, -0.25) is 9.78 Å². The molecule has 1 aromatic carbocycles. The first-order valence-electron chi connectivity index (χ1n) is 8.94. The van der Waals surface area contributed by atoms with Gasteiger partial charge in [0.2, 0.25) is 0 Å². The minimum absolute atomic E-state index is 0.0355. The van der Waals surface area contributed by atoms with Crippen LogP contribution >= 0.6 is 11.3 Å². The van der Waals surface area contributed by atoms with Gasteiger partial charge in [0.15, 0.2) is 0 Å². The molecule has 0 N–H and O–H groups in total. The zero-order chi connectivity index (χ0) is 17.8. The fourth-order valence-electron chi connectivity index (χ4n) is 3.34. The van der Waals surface area contributed by atoms with Crippen molar-refractivity contribution < 1.29 is 9.53 Å².